The molecule has 1 aliphatic heterocycles. The van der Waals surface area contributed by atoms with Gasteiger partial charge in [-0.15, -0.1) is 11.3 Å². The second-order valence-corrected chi connectivity index (χ2v) is 6.21. The van der Waals surface area contributed by atoms with Crippen LogP contribution in [-0.4, -0.2) is 26.5 Å². The van der Waals surface area contributed by atoms with Crippen molar-refractivity contribution in [1.82, 2.24) is 14.8 Å². The lowest BCUT2D eigenvalue weighted by Crippen LogP contribution is -2.19. The minimum Gasteiger partial charge on any atom is -0.467 e. The zero-order valence-electron chi connectivity index (χ0n) is 12.3. The molecule has 0 saturated heterocycles. The smallest absolute Gasteiger partial charge is 0.226 e. The second-order valence-electron chi connectivity index (χ2n) is 5.27. The number of aliphatic hydroxyl groups is 1. The third kappa shape index (κ3) is 2.69. The molecule has 2 N–H and O–H groups in total. The number of allylic oxidation sites excluding steroid dienone is 1. The summed E-state index contributed by atoms with van der Waals surface area (Å²) in [6, 6.07) is 7.78. The Balaban J connectivity index is 1.74. The van der Waals surface area contributed by atoms with Crippen molar-refractivity contribution in [2.45, 2.75) is 18.9 Å². The van der Waals surface area contributed by atoms with E-state index in [1.165, 1.54) is 0 Å². The number of nitrogens with zero attached hydrogens (tertiary/aromatic N) is 3. The van der Waals surface area contributed by atoms with Crippen molar-refractivity contribution < 1.29 is 9.52 Å². The van der Waals surface area contributed by atoms with Crippen LogP contribution < -0.4 is 5.32 Å². The van der Waals surface area contributed by atoms with E-state index in [9.17, 15) is 0 Å². The number of fused-ring (bicyclic) bond motifs is 1. The molecule has 0 aromatic carbocycles. The van der Waals surface area contributed by atoms with Crippen molar-refractivity contribution in [3.8, 4) is 0 Å². The predicted molar refractivity (Wildman–Crippen MR) is 88.2 cm³/mol. The molecular weight excluding hydrogens is 312 g/mol. The number of thiophene rings is 1. The number of rotatable bonds is 5. The standard InChI is InChI=1S/C16H16N4O2S/c21-7-1-6-15-18-16-17-11(14-5-3-9-23-14)10-12(20(16)19-15)13-4-2-8-22-13/h2-5,8-10,12,21H,1,6-7H2,(H,17,18,19)/t12-/m1/s1. The van der Waals surface area contributed by atoms with Crippen molar-refractivity contribution in [3.05, 3.63) is 58.4 Å². The molecule has 0 fully saturated rings. The summed E-state index contributed by atoms with van der Waals surface area (Å²) in [7, 11) is 0. The van der Waals surface area contributed by atoms with Crippen LogP contribution >= 0.6 is 11.3 Å². The summed E-state index contributed by atoms with van der Waals surface area (Å²) in [4.78, 5) is 5.71. The summed E-state index contributed by atoms with van der Waals surface area (Å²) in [6.07, 6.45) is 5.07. The lowest BCUT2D eigenvalue weighted by Gasteiger charge is -2.21. The maximum Gasteiger partial charge on any atom is 0.226 e. The van der Waals surface area contributed by atoms with Gasteiger partial charge in [0, 0.05) is 13.0 Å². The minimum atomic E-state index is -0.131. The molecule has 0 aliphatic carbocycles. The van der Waals surface area contributed by atoms with Crippen molar-refractivity contribution in [2.75, 3.05) is 11.9 Å². The summed E-state index contributed by atoms with van der Waals surface area (Å²) < 4.78 is 7.42. The highest BCUT2D eigenvalue weighted by Crippen LogP contribution is 2.34. The number of aryl methyl sites for hydroxylation is 1. The molecule has 1 aliphatic rings. The molecular formula is C16H16N4O2S. The van der Waals surface area contributed by atoms with Crippen LogP contribution in [0.3, 0.4) is 0 Å². The van der Waals surface area contributed by atoms with Gasteiger partial charge in [0.15, 0.2) is 5.82 Å². The molecule has 3 aromatic heterocycles. The van der Waals surface area contributed by atoms with Gasteiger partial charge in [-0.2, -0.15) is 10.1 Å². The Labute approximate surface area is 137 Å². The summed E-state index contributed by atoms with van der Waals surface area (Å²) in [5.41, 5.74) is 1.01. The third-order valence-electron chi connectivity index (χ3n) is 3.69. The van der Waals surface area contributed by atoms with E-state index in [1.54, 1.807) is 17.6 Å². The van der Waals surface area contributed by atoms with Crippen molar-refractivity contribution in [3.63, 3.8) is 0 Å². The Kier molecular flexibility index (Phi) is 3.72. The van der Waals surface area contributed by atoms with Crippen LogP contribution in [-0.2, 0) is 6.42 Å². The minimum absolute atomic E-state index is 0.131. The first-order chi connectivity index (χ1) is 11.3. The van der Waals surface area contributed by atoms with E-state index in [-0.39, 0.29) is 12.6 Å². The van der Waals surface area contributed by atoms with Gasteiger partial charge in [0.2, 0.25) is 5.95 Å². The molecule has 0 saturated carbocycles. The average Bonchev–Trinajstić information content (AvgIpc) is 3.32. The van der Waals surface area contributed by atoms with Gasteiger partial charge in [0.25, 0.3) is 0 Å². The van der Waals surface area contributed by atoms with Gasteiger partial charge in [0.1, 0.15) is 11.8 Å². The molecule has 6 nitrogen and oxygen atoms in total. The van der Waals surface area contributed by atoms with Crippen LogP contribution in [0.2, 0.25) is 0 Å². The Morgan fingerprint density at radius 2 is 2.30 bits per heavy atom. The molecule has 4 heterocycles. The molecule has 0 radical (unpaired) electrons. The maximum absolute atomic E-state index is 9.00. The summed E-state index contributed by atoms with van der Waals surface area (Å²) >= 11 is 1.67. The number of aromatic nitrogens is 3. The molecule has 0 bridgehead atoms. The highest BCUT2D eigenvalue weighted by Gasteiger charge is 2.27. The molecule has 0 spiro atoms. The number of aliphatic hydroxyl groups excluding tert-OH is 1. The maximum atomic E-state index is 9.00. The van der Waals surface area contributed by atoms with Crippen LogP contribution in [0.4, 0.5) is 5.95 Å². The lowest BCUT2D eigenvalue weighted by atomic mass is 10.1. The Hall–Kier alpha value is -2.38. The molecule has 0 amide bonds. The molecule has 4 rings (SSSR count). The normalized spacial score (nSPS) is 16.7. The molecule has 0 unspecified atom stereocenters. The van der Waals surface area contributed by atoms with Crippen molar-refractivity contribution >= 4 is 23.0 Å². The van der Waals surface area contributed by atoms with Crippen LogP contribution in [0.5, 0.6) is 0 Å². The monoisotopic (exact) mass is 328 g/mol. The Bertz CT molecular complexity index is 805. The van der Waals surface area contributed by atoms with Crippen LogP contribution in [0.25, 0.3) is 5.70 Å². The first-order valence-electron chi connectivity index (χ1n) is 7.47. The first kappa shape index (κ1) is 14.2. The number of anilines is 1. The van der Waals surface area contributed by atoms with Gasteiger partial charge in [-0.25, -0.2) is 4.68 Å². The number of nitrogens with one attached hydrogen (secondary N) is 1. The van der Waals surface area contributed by atoms with Gasteiger partial charge in [-0.1, -0.05) is 6.07 Å². The molecule has 118 valence electrons. The van der Waals surface area contributed by atoms with Gasteiger partial charge in [-0.05, 0) is 36.1 Å². The van der Waals surface area contributed by atoms with Crippen molar-refractivity contribution in [1.29, 1.82) is 0 Å². The highest BCUT2D eigenvalue weighted by molar-refractivity contribution is 7.11. The van der Waals surface area contributed by atoms with E-state index in [2.05, 4.69) is 27.5 Å². The topological polar surface area (TPSA) is 76.1 Å². The predicted octanol–water partition coefficient (Wildman–Crippen LogP) is 2.91. The molecule has 7 heteroatoms. The lowest BCUT2D eigenvalue weighted by molar-refractivity contribution is 0.287. The van der Waals surface area contributed by atoms with Gasteiger partial charge >= 0.3 is 0 Å². The fraction of sp³-hybridized carbons (Fsp3) is 0.250. The van der Waals surface area contributed by atoms with Crippen LogP contribution in [0, 0.1) is 0 Å². The molecule has 3 aromatic rings. The Morgan fingerprint density at radius 3 is 3.04 bits per heavy atom. The van der Waals surface area contributed by atoms with Crippen LogP contribution in [0.1, 0.15) is 28.9 Å². The van der Waals surface area contributed by atoms with Crippen molar-refractivity contribution in [2.24, 2.45) is 0 Å². The summed E-state index contributed by atoms with van der Waals surface area (Å²) in [6.45, 7) is 0.137. The summed E-state index contributed by atoms with van der Waals surface area (Å²) in [5.74, 6) is 2.24. The first-order valence-corrected chi connectivity index (χ1v) is 8.35. The number of furan rings is 1. The fourth-order valence-corrected chi connectivity index (χ4v) is 3.33. The van der Waals surface area contributed by atoms with E-state index in [0.29, 0.717) is 18.8 Å². The largest absolute Gasteiger partial charge is 0.467 e. The van der Waals surface area contributed by atoms with E-state index >= 15 is 0 Å². The van der Waals surface area contributed by atoms with E-state index in [0.717, 1.165) is 22.2 Å². The second kappa shape index (κ2) is 6.02. The van der Waals surface area contributed by atoms with E-state index < -0.39 is 0 Å². The highest BCUT2D eigenvalue weighted by atomic mass is 32.1. The van der Waals surface area contributed by atoms with Crippen LogP contribution in [0.15, 0.2) is 46.4 Å². The zero-order chi connectivity index (χ0) is 15.6. The van der Waals surface area contributed by atoms with E-state index in [4.69, 9.17) is 9.52 Å². The number of hydrogen-bond donors (Lipinski definition) is 2. The average molecular weight is 328 g/mol. The fourth-order valence-electron chi connectivity index (χ4n) is 2.62. The molecule has 1 atom stereocenters. The SMILES string of the molecule is OCCCc1nc2n(n1)[C@@H](c1ccco1)C=C(c1cccs1)N2. The Morgan fingerprint density at radius 1 is 1.35 bits per heavy atom. The van der Waals surface area contributed by atoms with E-state index in [1.807, 2.05) is 28.3 Å². The zero-order valence-corrected chi connectivity index (χ0v) is 13.2. The third-order valence-corrected chi connectivity index (χ3v) is 4.59. The number of hydrogen-bond acceptors (Lipinski definition) is 6. The summed E-state index contributed by atoms with van der Waals surface area (Å²) in [5, 5.41) is 19.0. The van der Waals surface area contributed by atoms with Gasteiger partial charge < -0.3 is 14.8 Å². The van der Waals surface area contributed by atoms with Gasteiger partial charge in [0.05, 0.1) is 16.8 Å². The van der Waals surface area contributed by atoms with Gasteiger partial charge in [-0.3, -0.25) is 0 Å². The quantitative estimate of drug-likeness (QED) is 0.753. The molecule has 23 heavy (non-hydrogen) atoms.